The number of benzene rings is 3. The number of ether oxygens (including phenoxy) is 3. The van der Waals surface area contributed by atoms with Gasteiger partial charge in [-0.3, -0.25) is 9.59 Å². The van der Waals surface area contributed by atoms with Gasteiger partial charge in [-0.25, -0.2) is 8.78 Å². The summed E-state index contributed by atoms with van der Waals surface area (Å²) in [6, 6.07) is 15.1. The number of methoxy groups -OCH3 is 3. The summed E-state index contributed by atoms with van der Waals surface area (Å²) in [5.41, 5.74) is 1.38. The van der Waals surface area contributed by atoms with Gasteiger partial charge in [0.05, 0.1) is 32.8 Å². The molecule has 1 fully saturated rings. The maximum absolute atomic E-state index is 14.4. The van der Waals surface area contributed by atoms with Crippen molar-refractivity contribution in [3.8, 4) is 17.2 Å². The Labute approximate surface area is 213 Å². The minimum atomic E-state index is -0.640. The maximum atomic E-state index is 14.4. The van der Waals surface area contributed by atoms with Crippen LogP contribution in [0.3, 0.4) is 0 Å². The lowest BCUT2D eigenvalue weighted by Gasteiger charge is -2.21. The molecule has 0 unspecified atom stereocenters. The third kappa shape index (κ3) is 5.50. The molecule has 1 saturated heterocycles. The molecule has 0 saturated carbocycles. The number of likely N-dealkylation sites (tertiary alicyclic amines) is 1. The zero-order valence-corrected chi connectivity index (χ0v) is 20.8. The highest BCUT2D eigenvalue weighted by molar-refractivity contribution is 5.95. The van der Waals surface area contributed by atoms with Gasteiger partial charge in [0.2, 0.25) is 11.7 Å². The summed E-state index contributed by atoms with van der Waals surface area (Å²) < 4.78 is 44.0. The van der Waals surface area contributed by atoms with Gasteiger partial charge in [-0.2, -0.15) is 0 Å². The first-order valence-corrected chi connectivity index (χ1v) is 11.7. The van der Waals surface area contributed by atoms with Crippen molar-refractivity contribution in [3.63, 3.8) is 0 Å². The highest BCUT2D eigenvalue weighted by atomic mass is 19.1. The predicted molar refractivity (Wildman–Crippen MR) is 133 cm³/mol. The molecule has 37 heavy (non-hydrogen) atoms. The smallest absolute Gasteiger partial charge is 0.256 e. The van der Waals surface area contributed by atoms with Crippen molar-refractivity contribution in [1.29, 1.82) is 0 Å². The topological polar surface area (TPSA) is 77.1 Å². The molecule has 1 aliphatic rings. The minimum Gasteiger partial charge on any atom is -0.493 e. The van der Waals surface area contributed by atoms with E-state index in [0.717, 1.165) is 5.56 Å². The van der Waals surface area contributed by atoms with Crippen molar-refractivity contribution >= 4 is 11.8 Å². The van der Waals surface area contributed by atoms with E-state index in [0.29, 0.717) is 22.8 Å². The van der Waals surface area contributed by atoms with E-state index in [-0.39, 0.29) is 36.9 Å². The number of hydrogen-bond donors (Lipinski definition) is 1. The molecule has 1 heterocycles. The molecule has 1 aliphatic heterocycles. The molecular formula is C28H28F2N2O5. The number of carbonyl (C=O) groups is 2. The molecule has 0 aromatic heterocycles. The predicted octanol–water partition coefficient (Wildman–Crippen LogP) is 4.16. The van der Waals surface area contributed by atoms with Crippen molar-refractivity contribution < 1.29 is 32.6 Å². The fraction of sp³-hybridized carbons (Fsp3) is 0.286. The first-order chi connectivity index (χ1) is 17.9. The van der Waals surface area contributed by atoms with Crippen molar-refractivity contribution in [2.75, 3.05) is 34.4 Å². The fourth-order valence-electron chi connectivity index (χ4n) is 4.62. The molecule has 7 nitrogen and oxygen atoms in total. The fourth-order valence-corrected chi connectivity index (χ4v) is 4.62. The van der Waals surface area contributed by atoms with Crippen molar-refractivity contribution in [1.82, 2.24) is 10.2 Å². The van der Waals surface area contributed by atoms with Crippen molar-refractivity contribution in [3.05, 3.63) is 89.0 Å². The van der Waals surface area contributed by atoms with Crippen molar-refractivity contribution in [2.45, 2.75) is 12.5 Å². The second kappa shape index (κ2) is 11.3. The molecular weight excluding hydrogens is 482 g/mol. The lowest BCUT2D eigenvalue weighted by molar-refractivity contribution is -0.125. The molecule has 3 aromatic rings. The van der Waals surface area contributed by atoms with Crippen LogP contribution in [0.1, 0.15) is 27.4 Å². The highest BCUT2D eigenvalue weighted by Gasteiger charge is 2.41. The monoisotopic (exact) mass is 510 g/mol. The van der Waals surface area contributed by atoms with Crippen LogP contribution in [0, 0.1) is 17.6 Å². The summed E-state index contributed by atoms with van der Waals surface area (Å²) in [4.78, 5) is 28.1. The first kappa shape index (κ1) is 25.9. The number of amides is 2. The Bertz CT molecular complexity index is 1260. The van der Waals surface area contributed by atoms with E-state index in [1.807, 2.05) is 0 Å². The van der Waals surface area contributed by atoms with E-state index in [1.165, 1.54) is 56.6 Å². The van der Waals surface area contributed by atoms with Gasteiger partial charge in [0, 0.05) is 25.6 Å². The first-order valence-electron chi connectivity index (χ1n) is 11.7. The Morgan fingerprint density at radius 1 is 0.919 bits per heavy atom. The van der Waals surface area contributed by atoms with Gasteiger partial charge in [-0.05, 0) is 47.5 Å². The van der Waals surface area contributed by atoms with Crippen LogP contribution in [-0.4, -0.2) is 51.1 Å². The van der Waals surface area contributed by atoms with E-state index >= 15 is 0 Å². The number of nitrogens with one attached hydrogen (secondary N) is 1. The zero-order valence-electron chi connectivity index (χ0n) is 20.8. The van der Waals surface area contributed by atoms with Gasteiger partial charge in [-0.1, -0.05) is 24.3 Å². The van der Waals surface area contributed by atoms with Crippen LogP contribution in [0.15, 0.2) is 60.7 Å². The van der Waals surface area contributed by atoms with E-state index in [1.54, 1.807) is 30.3 Å². The Morgan fingerprint density at radius 2 is 1.57 bits per heavy atom. The van der Waals surface area contributed by atoms with E-state index in [9.17, 15) is 18.4 Å². The van der Waals surface area contributed by atoms with Gasteiger partial charge in [0.25, 0.3) is 5.91 Å². The molecule has 4 rings (SSSR count). The Kier molecular flexibility index (Phi) is 7.91. The largest absolute Gasteiger partial charge is 0.493 e. The number of rotatable bonds is 8. The molecule has 2 atom stereocenters. The molecule has 0 radical (unpaired) electrons. The lowest BCUT2D eigenvalue weighted by atomic mass is 9.87. The van der Waals surface area contributed by atoms with Gasteiger partial charge in [0.15, 0.2) is 11.5 Å². The Balaban J connectivity index is 1.65. The minimum absolute atomic E-state index is 0.0569. The van der Waals surface area contributed by atoms with E-state index in [2.05, 4.69) is 5.32 Å². The van der Waals surface area contributed by atoms with Gasteiger partial charge in [0.1, 0.15) is 11.6 Å². The standard InChI is InChI=1S/C28H28F2N2O5/c1-35-24-12-18(13-25(36-2)26(24)37-3)21-15-32(28(34)20-6-4-5-7-23(20)30)16-22(21)27(33)31-14-17-8-10-19(29)11-9-17/h4-13,21-22H,14-16H2,1-3H3,(H,31,33)/t21-,22-/m1/s1. The second-order valence-corrected chi connectivity index (χ2v) is 8.71. The molecule has 0 aliphatic carbocycles. The number of nitrogens with zero attached hydrogens (tertiary/aromatic N) is 1. The van der Waals surface area contributed by atoms with Crippen LogP contribution in [0.25, 0.3) is 0 Å². The zero-order chi connectivity index (χ0) is 26.5. The molecule has 2 amide bonds. The van der Waals surface area contributed by atoms with Crippen molar-refractivity contribution in [2.24, 2.45) is 5.92 Å². The quantitative estimate of drug-likeness (QED) is 0.493. The third-order valence-electron chi connectivity index (χ3n) is 6.54. The van der Waals surface area contributed by atoms with E-state index < -0.39 is 23.6 Å². The maximum Gasteiger partial charge on any atom is 0.256 e. The van der Waals surface area contributed by atoms with Crippen LogP contribution in [0.4, 0.5) is 8.78 Å². The van der Waals surface area contributed by atoms with Crippen LogP contribution >= 0.6 is 0 Å². The number of halogens is 2. The number of hydrogen-bond acceptors (Lipinski definition) is 5. The number of carbonyl (C=O) groups excluding carboxylic acids is 2. The van der Waals surface area contributed by atoms with Crippen LogP contribution in [-0.2, 0) is 11.3 Å². The Hall–Kier alpha value is -4.14. The summed E-state index contributed by atoms with van der Waals surface area (Å²) in [6.45, 7) is 0.461. The lowest BCUT2D eigenvalue weighted by Crippen LogP contribution is -2.35. The van der Waals surface area contributed by atoms with Gasteiger partial charge < -0.3 is 24.4 Å². The molecule has 0 spiro atoms. The summed E-state index contributed by atoms with van der Waals surface area (Å²) in [6.07, 6.45) is 0. The second-order valence-electron chi connectivity index (χ2n) is 8.71. The molecule has 9 heteroatoms. The van der Waals surface area contributed by atoms with E-state index in [4.69, 9.17) is 14.2 Å². The van der Waals surface area contributed by atoms with Crippen LogP contribution < -0.4 is 19.5 Å². The van der Waals surface area contributed by atoms with Crippen LogP contribution in [0.2, 0.25) is 0 Å². The SMILES string of the molecule is COc1cc([C@H]2CN(C(=O)c3ccccc3F)C[C@H]2C(=O)NCc2ccc(F)cc2)cc(OC)c1OC. The summed E-state index contributed by atoms with van der Waals surface area (Å²) in [5, 5.41) is 2.89. The highest BCUT2D eigenvalue weighted by Crippen LogP contribution is 2.43. The normalized spacial score (nSPS) is 16.8. The van der Waals surface area contributed by atoms with Gasteiger partial charge in [-0.15, -0.1) is 0 Å². The third-order valence-corrected chi connectivity index (χ3v) is 6.54. The summed E-state index contributed by atoms with van der Waals surface area (Å²) in [5.74, 6) is -1.60. The molecule has 0 bridgehead atoms. The molecule has 3 aromatic carbocycles. The molecule has 1 N–H and O–H groups in total. The summed E-state index contributed by atoms with van der Waals surface area (Å²) in [7, 11) is 4.49. The van der Waals surface area contributed by atoms with Crippen LogP contribution in [0.5, 0.6) is 17.2 Å². The molecule has 194 valence electrons. The summed E-state index contributed by atoms with van der Waals surface area (Å²) >= 11 is 0. The average Bonchev–Trinajstić information content (AvgIpc) is 3.37. The Morgan fingerprint density at radius 3 is 2.16 bits per heavy atom. The average molecular weight is 511 g/mol. The van der Waals surface area contributed by atoms with Gasteiger partial charge >= 0.3 is 0 Å².